The summed E-state index contributed by atoms with van der Waals surface area (Å²) in [5, 5.41) is 3.49. The number of sulfonamides is 1. The number of hydrogen-bond acceptors (Lipinski definition) is 4. The van der Waals surface area contributed by atoms with Crippen LogP contribution in [0.5, 0.6) is 0 Å². The van der Waals surface area contributed by atoms with Gasteiger partial charge in [0.2, 0.25) is 11.8 Å². The van der Waals surface area contributed by atoms with E-state index in [4.69, 9.17) is 23.2 Å². The van der Waals surface area contributed by atoms with E-state index < -0.39 is 28.5 Å². The van der Waals surface area contributed by atoms with Crippen LogP contribution < -0.4 is 9.62 Å². The lowest BCUT2D eigenvalue weighted by molar-refractivity contribution is -0.140. The highest BCUT2D eigenvalue weighted by molar-refractivity contribution is 7.92. The molecule has 3 aromatic rings. The molecule has 10 heteroatoms. The van der Waals surface area contributed by atoms with Crippen molar-refractivity contribution in [1.82, 2.24) is 10.2 Å². The Balaban J connectivity index is 2.07. The van der Waals surface area contributed by atoms with Crippen molar-refractivity contribution in [3.05, 3.63) is 94.0 Å². The lowest BCUT2D eigenvalue weighted by atomic mass is 10.1. The molecule has 1 atom stereocenters. The SMILES string of the molecule is CCNC(=O)C(CC)N(Cc1ccccc1C)C(=O)CN(c1cccc(Cl)c1)S(=O)(=O)c1ccc(Cl)cc1. The van der Waals surface area contributed by atoms with E-state index in [1.807, 2.05) is 38.1 Å². The summed E-state index contributed by atoms with van der Waals surface area (Å²) < 4.78 is 28.6. The smallest absolute Gasteiger partial charge is 0.264 e. The molecule has 0 aliphatic rings. The number of aryl methyl sites for hydroxylation is 1. The Morgan fingerprint density at radius 2 is 1.61 bits per heavy atom. The van der Waals surface area contributed by atoms with E-state index in [0.29, 0.717) is 23.0 Å². The van der Waals surface area contributed by atoms with E-state index in [1.165, 1.54) is 35.2 Å². The van der Waals surface area contributed by atoms with Crippen LogP contribution in [-0.2, 0) is 26.2 Å². The minimum atomic E-state index is -4.19. The molecule has 0 fully saturated rings. The van der Waals surface area contributed by atoms with E-state index >= 15 is 0 Å². The number of anilines is 1. The Morgan fingerprint density at radius 3 is 2.21 bits per heavy atom. The van der Waals surface area contributed by atoms with Crippen molar-refractivity contribution in [2.24, 2.45) is 0 Å². The third-order valence-electron chi connectivity index (χ3n) is 6.12. The highest BCUT2D eigenvalue weighted by atomic mass is 35.5. The normalized spacial score (nSPS) is 12.0. The lowest BCUT2D eigenvalue weighted by Crippen LogP contribution is -2.52. The van der Waals surface area contributed by atoms with Crippen molar-refractivity contribution in [2.45, 2.75) is 44.7 Å². The molecule has 0 heterocycles. The van der Waals surface area contributed by atoms with E-state index in [9.17, 15) is 18.0 Å². The van der Waals surface area contributed by atoms with Crippen LogP contribution in [0.15, 0.2) is 77.7 Å². The van der Waals surface area contributed by atoms with Gasteiger partial charge in [-0.1, -0.05) is 60.5 Å². The molecule has 0 aromatic heterocycles. The standard InChI is InChI=1S/C28H31Cl2N3O4S/c1-4-26(28(35)31-5-2)32(18-21-10-7-6-9-20(21)3)27(34)19-33(24-12-8-11-23(30)17-24)38(36,37)25-15-13-22(29)14-16-25/h6-17,26H,4-5,18-19H2,1-3H3,(H,31,35). The van der Waals surface area contributed by atoms with Crippen LogP contribution in [0, 0.1) is 6.92 Å². The highest BCUT2D eigenvalue weighted by Gasteiger charge is 2.33. The average molecular weight is 577 g/mol. The van der Waals surface area contributed by atoms with Crippen molar-refractivity contribution >= 4 is 50.7 Å². The van der Waals surface area contributed by atoms with Gasteiger partial charge in [-0.2, -0.15) is 0 Å². The van der Waals surface area contributed by atoms with Gasteiger partial charge in [-0.05, 0) is 73.9 Å². The summed E-state index contributed by atoms with van der Waals surface area (Å²) >= 11 is 12.2. The maximum atomic E-state index is 14.0. The molecule has 3 aromatic carbocycles. The van der Waals surface area contributed by atoms with E-state index in [2.05, 4.69) is 5.32 Å². The zero-order chi connectivity index (χ0) is 27.9. The van der Waals surface area contributed by atoms with E-state index in [1.54, 1.807) is 25.1 Å². The topological polar surface area (TPSA) is 86.8 Å². The van der Waals surface area contributed by atoms with E-state index in [-0.39, 0.29) is 23.0 Å². The summed E-state index contributed by atoms with van der Waals surface area (Å²) in [7, 11) is -4.19. The molecule has 0 saturated heterocycles. The fraction of sp³-hybridized carbons (Fsp3) is 0.286. The lowest BCUT2D eigenvalue weighted by Gasteiger charge is -2.33. The Morgan fingerprint density at radius 1 is 0.921 bits per heavy atom. The van der Waals surface area contributed by atoms with Gasteiger partial charge < -0.3 is 10.2 Å². The second-order valence-corrected chi connectivity index (χ2v) is 11.4. The molecule has 38 heavy (non-hydrogen) atoms. The van der Waals surface area contributed by atoms with Crippen LogP contribution in [0.3, 0.4) is 0 Å². The number of carbonyl (C=O) groups is 2. The van der Waals surface area contributed by atoms with Crippen LogP contribution in [0.4, 0.5) is 5.69 Å². The predicted molar refractivity (Wildman–Crippen MR) is 152 cm³/mol. The molecule has 2 amide bonds. The summed E-state index contributed by atoms with van der Waals surface area (Å²) in [6.45, 7) is 5.56. The molecular formula is C28H31Cl2N3O4S. The molecule has 0 aliphatic carbocycles. The zero-order valence-electron chi connectivity index (χ0n) is 21.5. The van der Waals surface area contributed by atoms with Crippen molar-refractivity contribution < 1.29 is 18.0 Å². The maximum Gasteiger partial charge on any atom is 0.264 e. The Kier molecular flexibility index (Phi) is 10.2. The second kappa shape index (κ2) is 13.1. The van der Waals surface area contributed by atoms with Gasteiger partial charge in [0.25, 0.3) is 10.0 Å². The van der Waals surface area contributed by atoms with Gasteiger partial charge in [0.05, 0.1) is 10.6 Å². The van der Waals surface area contributed by atoms with Gasteiger partial charge in [-0.25, -0.2) is 8.42 Å². The number of rotatable bonds is 11. The maximum absolute atomic E-state index is 14.0. The number of hydrogen-bond donors (Lipinski definition) is 1. The van der Waals surface area contributed by atoms with Crippen LogP contribution in [0.1, 0.15) is 31.4 Å². The summed E-state index contributed by atoms with van der Waals surface area (Å²) in [6.07, 6.45) is 0.352. The summed E-state index contributed by atoms with van der Waals surface area (Å²) in [5.41, 5.74) is 2.04. The Hall–Kier alpha value is -3.07. The number of halogens is 2. The molecule has 0 saturated carbocycles. The fourth-order valence-corrected chi connectivity index (χ4v) is 5.79. The molecule has 0 spiro atoms. The first kappa shape index (κ1) is 29.5. The zero-order valence-corrected chi connectivity index (χ0v) is 23.9. The number of amides is 2. The monoisotopic (exact) mass is 575 g/mol. The minimum Gasteiger partial charge on any atom is -0.355 e. The number of likely N-dealkylation sites (N-methyl/N-ethyl adjacent to an activating group) is 1. The quantitative estimate of drug-likeness (QED) is 0.330. The molecule has 1 unspecified atom stereocenters. The molecular weight excluding hydrogens is 545 g/mol. The minimum absolute atomic E-state index is 0.0316. The van der Waals surface area contributed by atoms with Gasteiger partial charge in [-0.15, -0.1) is 0 Å². The number of nitrogens with one attached hydrogen (secondary N) is 1. The highest BCUT2D eigenvalue weighted by Crippen LogP contribution is 2.28. The largest absolute Gasteiger partial charge is 0.355 e. The Bertz CT molecular complexity index is 1380. The molecule has 0 radical (unpaired) electrons. The van der Waals surface area contributed by atoms with Crippen molar-refractivity contribution in [2.75, 3.05) is 17.4 Å². The Labute approximate surface area is 234 Å². The molecule has 7 nitrogen and oxygen atoms in total. The molecule has 0 bridgehead atoms. The first-order valence-corrected chi connectivity index (χ1v) is 14.4. The average Bonchev–Trinajstić information content (AvgIpc) is 2.88. The number of nitrogens with zero attached hydrogens (tertiary/aromatic N) is 2. The van der Waals surface area contributed by atoms with Gasteiger partial charge in [0, 0.05) is 23.1 Å². The van der Waals surface area contributed by atoms with Crippen LogP contribution in [-0.4, -0.2) is 44.3 Å². The molecule has 0 aliphatic heterocycles. The van der Waals surface area contributed by atoms with Crippen molar-refractivity contribution in [3.8, 4) is 0 Å². The summed E-state index contributed by atoms with van der Waals surface area (Å²) in [5.74, 6) is -0.823. The van der Waals surface area contributed by atoms with Gasteiger partial charge in [0.1, 0.15) is 12.6 Å². The van der Waals surface area contributed by atoms with Crippen molar-refractivity contribution in [3.63, 3.8) is 0 Å². The number of carbonyl (C=O) groups excluding carboxylic acids is 2. The molecule has 3 rings (SSSR count). The fourth-order valence-electron chi connectivity index (χ4n) is 4.08. The first-order chi connectivity index (χ1) is 18.1. The molecule has 1 N–H and O–H groups in total. The summed E-state index contributed by atoms with van der Waals surface area (Å²) in [6, 6.07) is 18.8. The first-order valence-electron chi connectivity index (χ1n) is 12.2. The second-order valence-electron chi connectivity index (χ2n) is 8.71. The number of benzene rings is 3. The van der Waals surface area contributed by atoms with Crippen molar-refractivity contribution in [1.29, 1.82) is 0 Å². The third-order valence-corrected chi connectivity index (χ3v) is 8.39. The van der Waals surface area contributed by atoms with Crippen LogP contribution in [0.25, 0.3) is 0 Å². The van der Waals surface area contributed by atoms with Crippen LogP contribution in [0.2, 0.25) is 10.0 Å². The predicted octanol–water partition coefficient (Wildman–Crippen LogP) is 5.44. The molecule has 202 valence electrons. The van der Waals surface area contributed by atoms with Gasteiger partial charge in [0.15, 0.2) is 0 Å². The summed E-state index contributed by atoms with van der Waals surface area (Å²) in [4.78, 5) is 28.3. The van der Waals surface area contributed by atoms with Gasteiger partial charge >= 0.3 is 0 Å². The van der Waals surface area contributed by atoms with E-state index in [0.717, 1.165) is 15.4 Å². The van der Waals surface area contributed by atoms with Gasteiger partial charge in [-0.3, -0.25) is 13.9 Å². The third kappa shape index (κ3) is 7.07. The van der Waals surface area contributed by atoms with Crippen LogP contribution >= 0.6 is 23.2 Å².